The summed E-state index contributed by atoms with van der Waals surface area (Å²) in [5, 5.41) is 4.30. The maximum Gasteiger partial charge on any atom is 0.252 e. The van der Waals surface area contributed by atoms with Gasteiger partial charge in [-0.05, 0) is 93.4 Å². The Morgan fingerprint density at radius 1 is 0.706 bits per heavy atom. The zero-order chi connectivity index (χ0) is 34.7. The summed E-state index contributed by atoms with van der Waals surface area (Å²) in [4.78, 5) is 2.42. The van der Waals surface area contributed by atoms with E-state index in [1.54, 1.807) is 0 Å². The predicted octanol–water partition coefficient (Wildman–Crippen LogP) is 10.7. The molecule has 0 saturated carbocycles. The van der Waals surface area contributed by atoms with E-state index in [1.807, 2.05) is 6.07 Å². The number of anilines is 3. The molecule has 3 aliphatic rings. The van der Waals surface area contributed by atoms with Crippen molar-refractivity contribution >= 4 is 84.6 Å². The van der Waals surface area contributed by atoms with Gasteiger partial charge in [-0.3, -0.25) is 0 Å². The Hall–Kier alpha value is -5.19. The molecule has 8 aromatic rings. The third kappa shape index (κ3) is 3.66. The second kappa shape index (κ2) is 9.57. The van der Waals surface area contributed by atoms with Crippen LogP contribution in [0, 0.1) is 6.92 Å². The Bertz CT molecular complexity index is 2870. The fraction of sp³-hybridized carbons (Fsp3) is 0.174. The first-order chi connectivity index (χ1) is 24.5. The maximum atomic E-state index is 6.93. The van der Waals surface area contributed by atoms with Crippen LogP contribution >= 0.6 is 11.6 Å². The summed E-state index contributed by atoms with van der Waals surface area (Å²) in [5.74, 6) is 0. The number of halogens is 1. The molecule has 0 amide bonds. The molecular weight excluding hydrogens is 643 g/mol. The molecule has 3 nitrogen and oxygen atoms in total. The Morgan fingerprint density at radius 2 is 1.47 bits per heavy atom. The number of aromatic nitrogens is 1. The zero-order valence-corrected chi connectivity index (χ0v) is 30.4. The first kappa shape index (κ1) is 29.5. The third-order valence-corrected chi connectivity index (χ3v) is 12.2. The number of para-hydroxylation sites is 2. The zero-order valence-electron chi connectivity index (χ0n) is 29.7. The van der Waals surface area contributed by atoms with E-state index < -0.39 is 0 Å². The summed E-state index contributed by atoms with van der Waals surface area (Å²) in [6, 6.07) is 40.2. The van der Waals surface area contributed by atoms with Gasteiger partial charge in [0.15, 0.2) is 5.58 Å². The molecule has 0 unspecified atom stereocenters. The van der Waals surface area contributed by atoms with E-state index in [2.05, 4.69) is 154 Å². The minimum absolute atomic E-state index is 0.0275. The number of nitrogens with zero attached hydrogens (tertiary/aromatic N) is 2. The van der Waals surface area contributed by atoms with Crippen LogP contribution in [0.2, 0.25) is 5.02 Å². The quantitative estimate of drug-likeness (QED) is 0.161. The lowest BCUT2D eigenvalue weighted by atomic mass is 9.33. The van der Waals surface area contributed by atoms with Gasteiger partial charge in [0.1, 0.15) is 5.58 Å². The summed E-state index contributed by atoms with van der Waals surface area (Å²) in [7, 11) is 0. The molecule has 6 aromatic carbocycles. The summed E-state index contributed by atoms with van der Waals surface area (Å²) in [6.45, 7) is 14.1. The molecular formula is C46H36BClN2O. The van der Waals surface area contributed by atoms with Gasteiger partial charge in [0.05, 0.1) is 5.69 Å². The van der Waals surface area contributed by atoms with Crippen LogP contribution in [0.3, 0.4) is 0 Å². The van der Waals surface area contributed by atoms with E-state index in [-0.39, 0.29) is 17.5 Å². The molecule has 5 heteroatoms. The van der Waals surface area contributed by atoms with Gasteiger partial charge >= 0.3 is 0 Å². The molecule has 0 spiro atoms. The lowest BCUT2D eigenvalue weighted by Gasteiger charge is -2.41. The molecule has 246 valence electrons. The van der Waals surface area contributed by atoms with Crippen molar-refractivity contribution in [2.75, 3.05) is 4.90 Å². The highest BCUT2D eigenvalue weighted by Gasteiger charge is 2.48. The van der Waals surface area contributed by atoms with Crippen molar-refractivity contribution in [2.24, 2.45) is 0 Å². The van der Waals surface area contributed by atoms with E-state index in [0.29, 0.717) is 0 Å². The summed E-state index contributed by atoms with van der Waals surface area (Å²) in [6.07, 6.45) is 0. The van der Waals surface area contributed by atoms with Gasteiger partial charge in [0.2, 0.25) is 0 Å². The van der Waals surface area contributed by atoms with Gasteiger partial charge in [0.25, 0.3) is 6.71 Å². The van der Waals surface area contributed by atoms with Gasteiger partial charge in [-0.15, -0.1) is 0 Å². The van der Waals surface area contributed by atoms with Crippen LogP contribution in [0.1, 0.15) is 57.0 Å². The number of benzene rings is 6. The predicted molar refractivity (Wildman–Crippen MR) is 216 cm³/mol. The monoisotopic (exact) mass is 678 g/mol. The second-order valence-electron chi connectivity index (χ2n) is 16.4. The van der Waals surface area contributed by atoms with Crippen LogP contribution in [-0.2, 0) is 10.8 Å². The van der Waals surface area contributed by atoms with Crippen LogP contribution in [0.4, 0.5) is 17.1 Å². The van der Waals surface area contributed by atoms with Crippen LogP contribution in [0.15, 0.2) is 114 Å². The Kier molecular flexibility index (Phi) is 5.54. The molecule has 2 aliphatic heterocycles. The average Bonchev–Trinajstić information content (AvgIpc) is 3.73. The van der Waals surface area contributed by atoms with Crippen molar-refractivity contribution in [1.82, 2.24) is 4.57 Å². The Morgan fingerprint density at radius 3 is 2.31 bits per heavy atom. The summed E-state index contributed by atoms with van der Waals surface area (Å²) >= 11 is 6.93. The van der Waals surface area contributed by atoms with Crippen LogP contribution in [0.5, 0.6) is 0 Å². The Balaban J connectivity index is 1.32. The molecule has 2 aromatic heterocycles. The highest BCUT2D eigenvalue weighted by Crippen LogP contribution is 2.55. The largest absolute Gasteiger partial charge is 0.454 e. The highest BCUT2D eigenvalue weighted by atomic mass is 35.5. The number of aryl methyl sites for hydroxylation is 1. The number of furan rings is 1. The van der Waals surface area contributed by atoms with E-state index in [0.717, 1.165) is 38.3 Å². The molecule has 4 heterocycles. The lowest BCUT2D eigenvalue weighted by Crippen LogP contribution is -2.60. The average molecular weight is 679 g/mol. The molecule has 1 aliphatic carbocycles. The SMILES string of the molecule is Cc1cc2c3c(c1)-n1c4c(c5cc(C(C)(C)C)cc(c51)B3c1ccc(Cl)cc1N2c1cccc2c1oc1ccccc12)-c1ccccc1C4(C)C. The van der Waals surface area contributed by atoms with Crippen molar-refractivity contribution in [1.29, 1.82) is 0 Å². The summed E-state index contributed by atoms with van der Waals surface area (Å²) in [5.41, 5.74) is 19.5. The topological polar surface area (TPSA) is 21.3 Å². The molecule has 11 rings (SSSR count). The van der Waals surface area contributed by atoms with Crippen molar-refractivity contribution in [3.05, 3.63) is 137 Å². The smallest absolute Gasteiger partial charge is 0.252 e. The minimum Gasteiger partial charge on any atom is -0.454 e. The minimum atomic E-state index is -0.187. The van der Waals surface area contributed by atoms with E-state index in [4.69, 9.17) is 16.0 Å². The Labute approximate surface area is 303 Å². The van der Waals surface area contributed by atoms with Crippen molar-refractivity contribution in [2.45, 2.75) is 52.4 Å². The molecule has 0 saturated heterocycles. The number of fused-ring (bicyclic) bond motifs is 12. The van der Waals surface area contributed by atoms with Gasteiger partial charge in [-0.2, -0.15) is 0 Å². The highest BCUT2D eigenvalue weighted by molar-refractivity contribution is 7.00. The first-order valence-electron chi connectivity index (χ1n) is 18.0. The second-order valence-corrected chi connectivity index (χ2v) is 16.8. The van der Waals surface area contributed by atoms with Gasteiger partial charge < -0.3 is 13.9 Å². The third-order valence-electron chi connectivity index (χ3n) is 12.0. The van der Waals surface area contributed by atoms with Crippen LogP contribution < -0.4 is 21.3 Å². The fourth-order valence-corrected chi connectivity index (χ4v) is 9.90. The van der Waals surface area contributed by atoms with Crippen LogP contribution in [-0.4, -0.2) is 11.3 Å². The van der Waals surface area contributed by atoms with E-state index in [9.17, 15) is 0 Å². The van der Waals surface area contributed by atoms with Crippen molar-refractivity contribution < 1.29 is 4.42 Å². The van der Waals surface area contributed by atoms with Gasteiger partial charge in [-0.25, -0.2) is 0 Å². The standard InChI is InChI=1S/C46H36BClN2O/c1-25-20-37-41-38(21-25)50-42-31(40-30-13-7-9-15-32(30)46(5,6)44(40)50)22-26(45(2,3)4)23-34(42)47(41)33-19-18-27(48)24-36(33)49(37)35-16-11-14-29-28-12-8-10-17-39(28)51-43(29)35/h7-24H,1-6H3. The number of rotatable bonds is 1. The molecule has 0 fully saturated rings. The molecule has 0 N–H and O–H groups in total. The first-order valence-corrected chi connectivity index (χ1v) is 18.4. The molecule has 0 bridgehead atoms. The van der Waals surface area contributed by atoms with Gasteiger partial charge in [-0.1, -0.05) is 113 Å². The van der Waals surface area contributed by atoms with E-state index >= 15 is 0 Å². The number of hydrogen-bond acceptors (Lipinski definition) is 2. The van der Waals surface area contributed by atoms with Gasteiger partial charge in [0, 0.05) is 60.4 Å². The molecule has 0 radical (unpaired) electrons. The van der Waals surface area contributed by atoms with E-state index in [1.165, 1.54) is 72.2 Å². The number of hydrogen-bond donors (Lipinski definition) is 0. The lowest BCUT2D eigenvalue weighted by molar-refractivity contribution is 0.591. The normalized spacial score (nSPS) is 15.0. The molecule has 0 atom stereocenters. The maximum absolute atomic E-state index is 6.93. The van der Waals surface area contributed by atoms with Crippen LogP contribution in [0.25, 0.3) is 49.7 Å². The van der Waals surface area contributed by atoms with Crippen molar-refractivity contribution in [3.63, 3.8) is 0 Å². The summed E-state index contributed by atoms with van der Waals surface area (Å²) < 4.78 is 9.36. The van der Waals surface area contributed by atoms with Crippen molar-refractivity contribution in [3.8, 4) is 16.8 Å². The molecule has 51 heavy (non-hydrogen) atoms. The fourth-order valence-electron chi connectivity index (χ4n) is 9.74.